The molecule has 0 fully saturated rings. The Bertz CT molecular complexity index is 147. The van der Waals surface area contributed by atoms with Gasteiger partial charge in [0.25, 0.3) is 6.36 Å². The molecule has 0 N–H and O–H groups in total. The van der Waals surface area contributed by atoms with Crippen LogP contribution in [-0.4, -0.2) is 12.5 Å². The Morgan fingerprint density at radius 3 is 2.70 bits per heavy atom. The van der Waals surface area contributed by atoms with Gasteiger partial charge in [0.2, 0.25) is 0 Å². The molecule has 0 bridgehead atoms. The molecule has 0 amide bonds. The van der Waals surface area contributed by atoms with Crippen LogP contribution in [0.2, 0.25) is 0 Å². The molecule has 2 atom stereocenters. The zero-order valence-electron chi connectivity index (χ0n) is 5.50. The summed E-state index contributed by atoms with van der Waals surface area (Å²) in [5.74, 6) is 0. The summed E-state index contributed by atoms with van der Waals surface area (Å²) in [5, 5.41) is 0. The lowest BCUT2D eigenvalue weighted by Crippen LogP contribution is -1.94. The molecule has 0 saturated heterocycles. The van der Waals surface area contributed by atoms with Crippen LogP contribution >= 0.6 is 8.03 Å². The van der Waals surface area contributed by atoms with Gasteiger partial charge in [-0.2, -0.15) is 0 Å². The van der Waals surface area contributed by atoms with E-state index in [1.807, 2.05) is 0 Å². The van der Waals surface area contributed by atoms with Crippen molar-refractivity contribution in [3.05, 3.63) is 25.3 Å². The van der Waals surface area contributed by atoms with E-state index in [1.54, 1.807) is 0 Å². The Labute approximate surface area is 60.3 Å². The van der Waals surface area contributed by atoms with E-state index < -0.39 is 14.4 Å². The van der Waals surface area contributed by atoms with E-state index in [1.165, 1.54) is 6.08 Å². The van der Waals surface area contributed by atoms with Crippen LogP contribution in [0, 0.1) is 0 Å². The Kier molecular flexibility index (Phi) is 4.99. The minimum Gasteiger partial charge on any atom is -0.206 e. The minimum atomic E-state index is -1.94. The first-order valence-electron chi connectivity index (χ1n) is 2.69. The van der Waals surface area contributed by atoms with Gasteiger partial charge in [0.1, 0.15) is 0 Å². The highest BCUT2D eigenvalue weighted by Gasteiger charge is 2.19. The number of hydrogen-bond donors (Lipinski definition) is 0. The molecule has 0 aliphatic carbocycles. The highest BCUT2D eigenvalue weighted by atomic mass is 31.1. The third-order valence-electron chi connectivity index (χ3n) is 0.682. The lowest BCUT2D eigenvalue weighted by molar-refractivity contribution is 0.125. The number of allylic oxidation sites excluding steroid dienone is 1. The molecule has 56 valence electrons. The molecule has 0 heterocycles. The van der Waals surface area contributed by atoms with E-state index in [0.717, 1.165) is 6.08 Å². The average Bonchev–Trinajstić information content (AvgIpc) is 1.88. The number of alkyl halides is 1. The molecular weight excluding hydrogens is 154 g/mol. The van der Waals surface area contributed by atoms with Crippen LogP contribution in [0.1, 0.15) is 0 Å². The molecule has 2 nitrogen and oxygen atoms in total. The van der Waals surface area contributed by atoms with Gasteiger partial charge in [-0.3, -0.25) is 0 Å². The van der Waals surface area contributed by atoms with Gasteiger partial charge in [0.15, 0.2) is 6.16 Å². The van der Waals surface area contributed by atoms with Crippen molar-refractivity contribution in [2.24, 2.45) is 0 Å². The Hall–Kier alpha value is -0.530. The van der Waals surface area contributed by atoms with Gasteiger partial charge >= 0.3 is 8.03 Å². The molecule has 0 radical (unpaired) electrons. The molecule has 0 spiro atoms. The summed E-state index contributed by atoms with van der Waals surface area (Å²) in [5.41, 5.74) is 0. The summed E-state index contributed by atoms with van der Waals surface area (Å²) < 4.78 is 27.0. The zero-order valence-corrected chi connectivity index (χ0v) is 6.39. The summed E-state index contributed by atoms with van der Waals surface area (Å²) in [7, 11) is -1.94. The molecular formula is C6H9FO2P+. The van der Waals surface area contributed by atoms with Crippen molar-refractivity contribution >= 4 is 8.03 Å². The second kappa shape index (κ2) is 5.27. The molecule has 0 saturated carbocycles. The van der Waals surface area contributed by atoms with E-state index in [2.05, 4.69) is 17.7 Å². The highest BCUT2D eigenvalue weighted by molar-refractivity contribution is 7.39. The molecule has 4 heteroatoms. The van der Waals surface area contributed by atoms with Crippen molar-refractivity contribution in [2.75, 3.05) is 6.16 Å². The molecule has 0 aliphatic heterocycles. The third-order valence-corrected chi connectivity index (χ3v) is 1.67. The Morgan fingerprint density at radius 1 is 1.70 bits per heavy atom. The second-order valence-electron chi connectivity index (χ2n) is 1.50. The first-order chi connectivity index (χ1) is 4.70. The summed E-state index contributed by atoms with van der Waals surface area (Å²) in [6, 6.07) is 0. The summed E-state index contributed by atoms with van der Waals surface area (Å²) in [6.45, 7) is 6.44. The number of hydrogen-bond acceptors (Lipinski definition) is 2. The smallest absolute Gasteiger partial charge is 0.206 e. The van der Waals surface area contributed by atoms with Gasteiger partial charge in [-0.1, -0.05) is 13.2 Å². The number of rotatable bonds is 5. The van der Waals surface area contributed by atoms with E-state index >= 15 is 0 Å². The minimum absolute atomic E-state index is 0.170. The van der Waals surface area contributed by atoms with E-state index in [4.69, 9.17) is 0 Å². The molecule has 0 rings (SSSR count). The maximum atomic E-state index is 12.1. The SMILES string of the molecule is C=CC[P+](=O)OC(F)C=C. The van der Waals surface area contributed by atoms with Crippen LogP contribution in [-0.2, 0) is 9.09 Å². The lowest BCUT2D eigenvalue weighted by Gasteiger charge is -1.88. The molecule has 2 unspecified atom stereocenters. The molecule has 0 aromatic rings. The maximum absolute atomic E-state index is 12.1. The molecule has 0 aliphatic rings. The van der Waals surface area contributed by atoms with Crippen molar-refractivity contribution in [2.45, 2.75) is 6.36 Å². The van der Waals surface area contributed by atoms with Crippen molar-refractivity contribution in [1.29, 1.82) is 0 Å². The highest BCUT2D eigenvalue weighted by Crippen LogP contribution is 2.24. The van der Waals surface area contributed by atoms with E-state index in [-0.39, 0.29) is 6.16 Å². The van der Waals surface area contributed by atoms with E-state index in [0.29, 0.717) is 0 Å². The van der Waals surface area contributed by atoms with Crippen molar-refractivity contribution in [3.8, 4) is 0 Å². The van der Waals surface area contributed by atoms with Crippen LogP contribution in [0.5, 0.6) is 0 Å². The molecule has 10 heavy (non-hydrogen) atoms. The molecule has 0 aromatic heterocycles. The van der Waals surface area contributed by atoms with Crippen molar-refractivity contribution in [1.82, 2.24) is 0 Å². The van der Waals surface area contributed by atoms with E-state index in [9.17, 15) is 8.96 Å². The first kappa shape index (κ1) is 9.47. The van der Waals surface area contributed by atoms with Crippen molar-refractivity contribution < 1.29 is 13.5 Å². The van der Waals surface area contributed by atoms with Gasteiger partial charge in [-0.15, -0.1) is 4.52 Å². The van der Waals surface area contributed by atoms with Crippen LogP contribution in [0.3, 0.4) is 0 Å². The topological polar surface area (TPSA) is 26.3 Å². The van der Waals surface area contributed by atoms with Gasteiger partial charge < -0.3 is 0 Å². The predicted octanol–water partition coefficient (Wildman–Crippen LogP) is 2.41. The number of halogens is 1. The van der Waals surface area contributed by atoms with Gasteiger partial charge in [0.05, 0.1) is 0 Å². The first-order valence-corrected chi connectivity index (χ1v) is 4.06. The largest absolute Gasteiger partial charge is 0.515 e. The summed E-state index contributed by atoms with van der Waals surface area (Å²) in [6.07, 6.45) is 0.887. The standard InChI is InChI=1S/C6H9FO2P/c1-3-5-10(8)9-6(7)4-2/h3-4,6H,1-2,5H2/q+1. The molecule has 0 aromatic carbocycles. The van der Waals surface area contributed by atoms with Gasteiger partial charge in [-0.25, -0.2) is 4.39 Å². The fraction of sp³-hybridized carbons (Fsp3) is 0.333. The van der Waals surface area contributed by atoms with Gasteiger partial charge in [0, 0.05) is 0 Å². The summed E-state index contributed by atoms with van der Waals surface area (Å²) in [4.78, 5) is 0. The van der Waals surface area contributed by atoms with Crippen LogP contribution in [0.15, 0.2) is 25.3 Å². The van der Waals surface area contributed by atoms with Gasteiger partial charge in [-0.05, 0) is 16.7 Å². The fourth-order valence-electron chi connectivity index (χ4n) is 0.304. The fourth-order valence-corrected chi connectivity index (χ4v) is 0.911. The van der Waals surface area contributed by atoms with Crippen molar-refractivity contribution in [3.63, 3.8) is 0 Å². The summed E-state index contributed by atoms with van der Waals surface area (Å²) >= 11 is 0. The third kappa shape index (κ3) is 4.36. The lowest BCUT2D eigenvalue weighted by atomic mass is 10.7. The van der Waals surface area contributed by atoms with Crippen LogP contribution in [0.4, 0.5) is 4.39 Å². The normalized spacial score (nSPS) is 13.9. The Morgan fingerprint density at radius 2 is 2.30 bits per heavy atom. The van der Waals surface area contributed by atoms with Crippen LogP contribution in [0.25, 0.3) is 0 Å². The monoisotopic (exact) mass is 163 g/mol. The quantitative estimate of drug-likeness (QED) is 0.459. The van der Waals surface area contributed by atoms with Crippen LogP contribution < -0.4 is 0 Å². The predicted molar refractivity (Wildman–Crippen MR) is 38.8 cm³/mol. The maximum Gasteiger partial charge on any atom is 0.515 e. The second-order valence-corrected chi connectivity index (χ2v) is 2.74. The average molecular weight is 163 g/mol. The zero-order chi connectivity index (χ0) is 7.98. The Balaban J connectivity index is 3.56.